The highest BCUT2D eigenvalue weighted by molar-refractivity contribution is 7.14. The van der Waals surface area contributed by atoms with Crippen LogP contribution in [-0.2, 0) is 4.79 Å². The Morgan fingerprint density at radius 1 is 1.13 bits per heavy atom. The Hall–Kier alpha value is -2.89. The summed E-state index contributed by atoms with van der Waals surface area (Å²) in [5.74, 6) is 0.815. The Kier molecular flexibility index (Phi) is 22.8. The molecule has 0 amide bonds. The van der Waals surface area contributed by atoms with Crippen molar-refractivity contribution in [1.29, 1.82) is 10.5 Å². The molecule has 1 aromatic carbocycles. The van der Waals surface area contributed by atoms with E-state index in [0.29, 0.717) is 12.3 Å². The van der Waals surface area contributed by atoms with E-state index in [-0.39, 0.29) is 17.3 Å². The molecule has 1 heterocycles. The van der Waals surface area contributed by atoms with E-state index < -0.39 is 0 Å². The quantitative estimate of drug-likeness (QED) is 0.199. The van der Waals surface area contributed by atoms with Crippen LogP contribution in [0.3, 0.4) is 0 Å². The van der Waals surface area contributed by atoms with Gasteiger partial charge in [-0.1, -0.05) is 87.1 Å². The molecule has 210 valence electrons. The molecule has 0 aliphatic carbocycles. The minimum atomic E-state index is -0.0806. The maximum Gasteiger partial charge on any atom is 0.173 e. The fourth-order valence-corrected chi connectivity index (χ4v) is 4.48. The number of rotatable bonds is 12. The first-order valence-corrected chi connectivity index (χ1v) is 15.0. The van der Waals surface area contributed by atoms with Crippen molar-refractivity contribution in [2.75, 3.05) is 11.4 Å². The third-order valence-electron chi connectivity index (χ3n) is 5.64. The van der Waals surface area contributed by atoms with Crippen LogP contribution >= 0.6 is 11.3 Å². The lowest BCUT2D eigenvalue weighted by molar-refractivity contribution is -0.115. The van der Waals surface area contributed by atoms with Crippen molar-refractivity contribution in [3.05, 3.63) is 52.4 Å². The third-order valence-corrected chi connectivity index (χ3v) is 6.53. The van der Waals surface area contributed by atoms with E-state index in [1.54, 1.807) is 17.4 Å². The van der Waals surface area contributed by atoms with Gasteiger partial charge in [-0.3, -0.25) is 4.79 Å². The average Bonchev–Trinajstić information content (AvgIpc) is 3.45. The summed E-state index contributed by atoms with van der Waals surface area (Å²) in [6.45, 7) is 23.3. The zero-order valence-corrected chi connectivity index (χ0v) is 26.2. The molecule has 0 saturated carbocycles. The highest BCUT2D eigenvalue weighted by Gasteiger charge is 2.17. The van der Waals surface area contributed by atoms with E-state index in [9.17, 15) is 10.1 Å². The molecule has 1 aromatic heterocycles. The number of unbranched alkanes of at least 4 members (excludes halogenated alkanes) is 1. The van der Waals surface area contributed by atoms with Crippen LogP contribution < -0.4 is 4.90 Å². The summed E-state index contributed by atoms with van der Waals surface area (Å²) < 4.78 is 0. The number of benzene rings is 1. The monoisotopic (exact) mass is 537 g/mol. The van der Waals surface area contributed by atoms with Crippen molar-refractivity contribution in [2.24, 2.45) is 11.8 Å². The Morgan fingerprint density at radius 3 is 2.21 bits per heavy atom. The van der Waals surface area contributed by atoms with Gasteiger partial charge in [0.2, 0.25) is 0 Å². The predicted molar refractivity (Wildman–Crippen MR) is 168 cm³/mol. The Balaban J connectivity index is 0. The molecular weight excluding hydrogens is 486 g/mol. The van der Waals surface area contributed by atoms with E-state index >= 15 is 0 Å². The summed E-state index contributed by atoms with van der Waals surface area (Å²) in [5.41, 5.74) is 3.41. The molecule has 0 bridgehead atoms. The number of hydrogen-bond donors (Lipinski definition) is 0. The van der Waals surface area contributed by atoms with Crippen molar-refractivity contribution in [1.82, 2.24) is 0 Å². The van der Waals surface area contributed by atoms with Crippen molar-refractivity contribution >= 4 is 33.9 Å². The molecule has 2 rings (SSSR count). The second-order valence-corrected chi connectivity index (χ2v) is 10.3. The molecule has 1 unspecified atom stereocenters. The molecule has 0 fully saturated rings. The van der Waals surface area contributed by atoms with Gasteiger partial charge < -0.3 is 4.90 Å². The number of hydrogen-bond acceptors (Lipinski definition) is 5. The largest absolute Gasteiger partial charge is 0.333 e. The van der Waals surface area contributed by atoms with E-state index in [0.717, 1.165) is 17.7 Å². The van der Waals surface area contributed by atoms with Crippen LogP contribution in [0.1, 0.15) is 105 Å². The maximum atomic E-state index is 12.4. The molecular formula is C33H51N3OS. The topological polar surface area (TPSA) is 67.9 Å². The summed E-state index contributed by atoms with van der Waals surface area (Å²) in [6, 6.07) is 12.7. The standard InChI is InChI=1S/C27H36N2OS.C3H8.C2H6.CHN/c1-6-8-10-22(7-2)19-29(27-11-9-14-31-27)25-13-12-23(21(5)16-25)17-24(18-28)26(30)15-20(3)4;1-3-2;2*1-2/h9,11-14,16-17,20,22H,6-8,10,15,19H2,1-5H3;3H2,1-2H3;1-2H3;1H/b24-17-;;;. The molecule has 0 spiro atoms. The number of anilines is 2. The minimum absolute atomic E-state index is 0.0806. The first kappa shape index (κ1) is 37.3. The van der Waals surface area contributed by atoms with E-state index in [1.807, 2.05) is 33.8 Å². The maximum absolute atomic E-state index is 12.4. The normalized spacial score (nSPS) is 11.0. The number of carbonyl (C=O) groups is 1. The molecule has 0 N–H and O–H groups in total. The highest BCUT2D eigenvalue weighted by atomic mass is 32.1. The molecule has 0 radical (unpaired) electrons. The Labute approximate surface area is 238 Å². The lowest BCUT2D eigenvalue weighted by Gasteiger charge is -2.28. The van der Waals surface area contributed by atoms with Crippen LogP contribution in [-0.4, -0.2) is 12.3 Å². The number of nitrogens with zero attached hydrogens (tertiary/aromatic N) is 3. The predicted octanol–water partition coefficient (Wildman–Crippen LogP) is 10.5. The Bertz CT molecular complexity index is 968. The van der Waals surface area contributed by atoms with Gasteiger partial charge in [0.25, 0.3) is 0 Å². The molecule has 0 aliphatic heterocycles. The second kappa shape index (κ2) is 23.2. The highest BCUT2D eigenvalue weighted by Crippen LogP contribution is 2.33. The SMILES string of the molecule is C#N.CC.CCC.CCCCC(CC)CN(c1ccc(/C=C(/C#N)C(=O)CC(C)C)c(C)c1)c1cccs1. The number of ketones is 1. The first-order chi connectivity index (χ1) is 18.3. The lowest BCUT2D eigenvalue weighted by Crippen LogP contribution is -2.24. The van der Waals surface area contributed by atoms with E-state index in [1.165, 1.54) is 42.8 Å². The molecule has 2 aromatic rings. The van der Waals surface area contributed by atoms with Gasteiger partial charge in [0.15, 0.2) is 5.78 Å². The van der Waals surface area contributed by atoms with E-state index in [2.05, 4.69) is 81.8 Å². The molecule has 5 heteroatoms. The summed E-state index contributed by atoms with van der Waals surface area (Å²) in [6.07, 6.45) is 8.31. The van der Waals surface area contributed by atoms with Gasteiger partial charge in [-0.05, 0) is 72.0 Å². The molecule has 1 atom stereocenters. The van der Waals surface area contributed by atoms with Gasteiger partial charge in [-0.15, -0.1) is 11.3 Å². The summed E-state index contributed by atoms with van der Waals surface area (Å²) in [7, 11) is 0. The van der Waals surface area contributed by atoms with Gasteiger partial charge >= 0.3 is 0 Å². The molecule has 0 saturated heterocycles. The first-order valence-electron chi connectivity index (χ1n) is 14.1. The molecule has 4 nitrogen and oxygen atoms in total. The van der Waals surface area contributed by atoms with Crippen molar-refractivity contribution in [3.63, 3.8) is 0 Å². The average molecular weight is 538 g/mol. The molecule has 0 aliphatic rings. The van der Waals surface area contributed by atoms with Crippen LogP contribution in [0.2, 0.25) is 0 Å². The number of allylic oxidation sites excluding steroid dienone is 1. The zero-order valence-electron chi connectivity index (χ0n) is 25.4. The minimum Gasteiger partial charge on any atom is -0.333 e. The van der Waals surface area contributed by atoms with Gasteiger partial charge in [0, 0.05) is 25.2 Å². The van der Waals surface area contributed by atoms with Crippen LogP contribution in [0.5, 0.6) is 0 Å². The lowest BCUT2D eigenvalue weighted by atomic mass is 9.97. The summed E-state index contributed by atoms with van der Waals surface area (Å²) in [5, 5.41) is 19.4. The second-order valence-electron chi connectivity index (χ2n) is 9.42. The third kappa shape index (κ3) is 14.2. The van der Waals surface area contributed by atoms with Gasteiger partial charge in [0.1, 0.15) is 6.07 Å². The van der Waals surface area contributed by atoms with Crippen LogP contribution in [0.4, 0.5) is 10.7 Å². The number of carbonyl (C=O) groups excluding carboxylic acids is 1. The van der Waals surface area contributed by atoms with Gasteiger partial charge in [0.05, 0.1) is 10.6 Å². The fourth-order valence-electron chi connectivity index (χ4n) is 3.72. The van der Waals surface area contributed by atoms with Crippen LogP contribution in [0.25, 0.3) is 6.08 Å². The Morgan fingerprint density at radius 2 is 1.76 bits per heavy atom. The summed E-state index contributed by atoms with van der Waals surface area (Å²) >= 11 is 1.76. The molecule has 38 heavy (non-hydrogen) atoms. The number of aryl methyl sites for hydroxylation is 1. The zero-order chi connectivity index (χ0) is 29.5. The van der Waals surface area contributed by atoms with E-state index in [4.69, 9.17) is 5.26 Å². The van der Waals surface area contributed by atoms with Gasteiger partial charge in [-0.25, -0.2) is 5.26 Å². The van der Waals surface area contributed by atoms with Crippen molar-refractivity contribution in [3.8, 4) is 12.6 Å². The van der Waals surface area contributed by atoms with Crippen molar-refractivity contribution in [2.45, 2.75) is 101 Å². The van der Waals surface area contributed by atoms with Gasteiger partial charge in [-0.2, -0.15) is 5.26 Å². The van der Waals surface area contributed by atoms with Crippen LogP contribution in [0.15, 0.2) is 41.3 Å². The fraction of sp³-hybridized carbons (Fsp3) is 0.545. The smallest absolute Gasteiger partial charge is 0.173 e. The van der Waals surface area contributed by atoms with Crippen LogP contribution in [0, 0.1) is 41.9 Å². The number of Topliss-reactive ketones (excluding diaryl/α,β-unsaturated/α-hetero) is 1. The summed E-state index contributed by atoms with van der Waals surface area (Å²) in [4.78, 5) is 14.8. The van der Waals surface area contributed by atoms with Crippen molar-refractivity contribution < 1.29 is 4.79 Å². The number of thiophene rings is 1. The number of nitriles is 2.